The molecule has 2 aromatic carbocycles. The number of piperidine rings is 1. The molecule has 1 saturated heterocycles. The molecule has 2 heterocycles. The van der Waals surface area contributed by atoms with E-state index in [2.05, 4.69) is 9.72 Å². The van der Waals surface area contributed by atoms with Gasteiger partial charge in [0.25, 0.3) is 0 Å². The maximum Gasteiger partial charge on any atom is 0.573 e. The van der Waals surface area contributed by atoms with Crippen LogP contribution in [0.25, 0.3) is 11.1 Å². The van der Waals surface area contributed by atoms with Crippen LogP contribution in [-0.4, -0.2) is 37.2 Å². The Morgan fingerprint density at radius 3 is 2.69 bits per heavy atom. The van der Waals surface area contributed by atoms with Gasteiger partial charge in [0.1, 0.15) is 11.3 Å². The Labute approximate surface area is 164 Å². The fourth-order valence-corrected chi connectivity index (χ4v) is 4.97. The van der Waals surface area contributed by atoms with Crippen LogP contribution in [0.2, 0.25) is 0 Å². The molecule has 1 aliphatic rings. The third kappa shape index (κ3) is 4.23. The topological polar surface area (TPSA) is 72.6 Å². The number of fused-ring (bicyclic) bond motifs is 1. The smallest absolute Gasteiger partial charge is 0.440 e. The number of aromatic nitrogens is 1. The zero-order valence-electron chi connectivity index (χ0n) is 15.1. The summed E-state index contributed by atoms with van der Waals surface area (Å²) in [5.74, 6) is -0.355. The number of oxazole rings is 1. The van der Waals surface area contributed by atoms with Crippen molar-refractivity contribution < 1.29 is 30.7 Å². The molecular formula is C19H17F3N2O4S. The molecule has 29 heavy (non-hydrogen) atoms. The van der Waals surface area contributed by atoms with Crippen LogP contribution in [0.5, 0.6) is 5.75 Å². The Balaban J connectivity index is 1.58. The van der Waals surface area contributed by atoms with E-state index in [1.807, 2.05) is 18.2 Å². The van der Waals surface area contributed by atoms with Gasteiger partial charge in [-0.25, -0.2) is 13.4 Å². The average Bonchev–Trinajstić information content (AvgIpc) is 3.11. The third-order valence-electron chi connectivity index (χ3n) is 4.72. The Morgan fingerprint density at radius 1 is 1.14 bits per heavy atom. The molecule has 0 spiro atoms. The number of alkyl halides is 3. The van der Waals surface area contributed by atoms with Gasteiger partial charge in [-0.1, -0.05) is 18.2 Å². The minimum atomic E-state index is -4.90. The molecule has 6 nitrogen and oxygen atoms in total. The zero-order chi connectivity index (χ0) is 20.6. The van der Waals surface area contributed by atoms with Gasteiger partial charge >= 0.3 is 6.36 Å². The Bertz CT molecular complexity index is 1090. The number of sulfonamides is 1. The Morgan fingerprint density at radius 2 is 1.93 bits per heavy atom. The summed E-state index contributed by atoms with van der Waals surface area (Å²) in [5, 5.41) is 0. The number of ether oxygens (including phenoxy) is 1. The Kier molecular flexibility index (Phi) is 4.99. The number of hydrogen-bond donors (Lipinski definition) is 0. The molecule has 1 aliphatic heterocycles. The van der Waals surface area contributed by atoms with Crippen LogP contribution in [0, 0.1) is 0 Å². The van der Waals surface area contributed by atoms with Crippen molar-refractivity contribution in [2.75, 3.05) is 13.1 Å². The summed E-state index contributed by atoms with van der Waals surface area (Å²) in [7, 11) is -3.99. The third-order valence-corrected chi connectivity index (χ3v) is 6.58. The van der Waals surface area contributed by atoms with E-state index in [-0.39, 0.29) is 23.9 Å². The first-order valence-electron chi connectivity index (χ1n) is 8.94. The summed E-state index contributed by atoms with van der Waals surface area (Å²) in [4.78, 5) is 4.19. The van der Waals surface area contributed by atoms with Crippen LogP contribution in [0.15, 0.2) is 57.8 Å². The largest absolute Gasteiger partial charge is 0.573 e. The molecule has 1 fully saturated rings. The van der Waals surface area contributed by atoms with E-state index in [0.29, 0.717) is 29.8 Å². The molecule has 0 bridgehead atoms. The second-order valence-electron chi connectivity index (χ2n) is 6.74. The SMILES string of the molecule is O=S(=O)(c1cccc(OC(F)(F)F)c1)N1CCCC(c2nc3ccccc3o2)C1. The van der Waals surface area contributed by atoms with Gasteiger partial charge in [0.05, 0.1) is 4.90 Å². The zero-order valence-corrected chi connectivity index (χ0v) is 15.9. The lowest BCUT2D eigenvalue weighted by molar-refractivity contribution is -0.274. The fraction of sp³-hybridized carbons (Fsp3) is 0.316. The van der Waals surface area contributed by atoms with E-state index < -0.39 is 22.1 Å². The number of rotatable bonds is 4. The highest BCUT2D eigenvalue weighted by Crippen LogP contribution is 2.33. The normalized spacial score (nSPS) is 18.8. The molecule has 154 valence electrons. The molecule has 0 amide bonds. The molecular weight excluding hydrogens is 409 g/mol. The summed E-state index contributed by atoms with van der Waals surface area (Å²) in [6.45, 7) is 0.406. The van der Waals surface area contributed by atoms with Crippen molar-refractivity contribution in [1.82, 2.24) is 9.29 Å². The highest BCUT2D eigenvalue weighted by Gasteiger charge is 2.35. The number of benzene rings is 2. The molecule has 0 aliphatic carbocycles. The summed E-state index contributed by atoms with van der Waals surface area (Å²) in [5.41, 5.74) is 1.32. The van der Waals surface area contributed by atoms with E-state index in [4.69, 9.17) is 4.42 Å². The first-order valence-corrected chi connectivity index (χ1v) is 10.4. The number of halogens is 3. The van der Waals surface area contributed by atoms with E-state index >= 15 is 0 Å². The van der Waals surface area contributed by atoms with Gasteiger partial charge in [-0.3, -0.25) is 0 Å². The molecule has 1 unspecified atom stereocenters. The minimum absolute atomic E-state index is 0.138. The van der Waals surface area contributed by atoms with Crippen molar-refractivity contribution in [3.05, 3.63) is 54.4 Å². The molecule has 10 heteroatoms. The quantitative estimate of drug-likeness (QED) is 0.622. The van der Waals surface area contributed by atoms with Gasteiger partial charge in [0.2, 0.25) is 10.0 Å². The van der Waals surface area contributed by atoms with Crippen molar-refractivity contribution in [2.24, 2.45) is 0 Å². The van der Waals surface area contributed by atoms with Crippen molar-refractivity contribution in [3.8, 4) is 5.75 Å². The standard InChI is InChI=1S/C19H17F3N2O4S/c20-19(21,22)28-14-6-3-7-15(11-14)29(25,26)24-10-4-5-13(12-24)18-23-16-8-1-2-9-17(16)27-18/h1-3,6-9,11,13H,4-5,10,12H2. The van der Waals surface area contributed by atoms with Crippen molar-refractivity contribution >= 4 is 21.1 Å². The second-order valence-corrected chi connectivity index (χ2v) is 8.68. The van der Waals surface area contributed by atoms with Crippen molar-refractivity contribution in [2.45, 2.75) is 30.0 Å². The van der Waals surface area contributed by atoms with Crippen LogP contribution in [0.4, 0.5) is 13.2 Å². The summed E-state index contributed by atoms with van der Waals surface area (Å²) in [6.07, 6.45) is -3.61. The minimum Gasteiger partial charge on any atom is -0.440 e. The van der Waals surface area contributed by atoms with E-state index in [0.717, 1.165) is 12.1 Å². The van der Waals surface area contributed by atoms with Gasteiger partial charge in [0, 0.05) is 25.1 Å². The maximum atomic E-state index is 13.0. The number of hydrogen-bond acceptors (Lipinski definition) is 5. The molecule has 0 N–H and O–H groups in total. The first-order chi connectivity index (χ1) is 13.7. The van der Waals surface area contributed by atoms with Crippen LogP contribution in [-0.2, 0) is 10.0 Å². The first kappa shape index (κ1) is 19.7. The lowest BCUT2D eigenvalue weighted by atomic mass is 10.00. The van der Waals surface area contributed by atoms with E-state index in [1.54, 1.807) is 6.07 Å². The van der Waals surface area contributed by atoms with Gasteiger partial charge in [-0.05, 0) is 37.1 Å². The monoisotopic (exact) mass is 426 g/mol. The lowest BCUT2D eigenvalue weighted by Gasteiger charge is -2.30. The van der Waals surface area contributed by atoms with Gasteiger partial charge < -0.3 is 9.15 Å². The van der Waals surface area contributed by atoms with E-state index in [1.165, 1.54) is 16.4 Å². The number of nitrogens with zero attached hydrogens (tertiary/aromatic N) is 2. The molecule has 0 radical (unpaired) electrons. The van der Waals surface area contributed by atoms with Crippen LogP contribution >= 0.6 is 0 Å². The highest BCUT2D eigenvalue weighted by atomic mass is 32.2. The molecule has 1 atom stereocenters. The molecule has 0 saturated carbocycles. The van der Waals surface area contributed by atoms with Crippen LogP contribution in [0.3, 0.4) is 0 Å². The Hall–Kier alpha value is -2.59. The van der Waals surface area contributed by atoms with Gasteiger partial charge in [-0.2, -0.15) is 4.31 Å². The van der Waals surface area contributed by atoms with Gasteiger partial charge in [0.15, 0.2) is 11.5 Å². The second kappa shape index (κ2) is 7.34. The summed E-state index contributed by atoms with van der Waals surface area (Å²) >= 11 is 0. The summed E-state index contributed by atoms with van der Waals surface area (Å²) in [6, 6.07) is 11.7. The van der Waals surface area contributed by atoms with Crippen LogP contribution in [0.1, 0.15) is 24.7 Å². The number of para-hydroxylation sites is 2. The van der Waals surface area contributed by atoms with E-state index in [9.17, 15) is 21.6 Å². The molecule has 3 aromatic rings. The summed E-state index contributed by atoms with van der Waals surface area (Å²) < 4.78 is 74.2. The molecule has 1 aromatic heterocycles. The molecule has 4 rings (SSSR count). The lowest BCUT2D eigenvalue weighted by Crippen LogP contribution is -2.39. The fourth-order valence-electron chi connectivity index (χ4n) is 3.41. The van der Waals surface area contributed by atoms with Crippen molar-refractivity contribution in [1.29, 1.82) is 0 Å². The van der Waals surface area contributed by atoms with Crippen LogP contribution < -0.4 is 4.74 Å². The average molecular weight is 426 g/mol. The maximum absolute atomic E-state index is 13.0. The van der Waals surface area contributed by atoms with Gasteiger partial charge in [-0.15, -0.1) is 13.2 Å². The van der Waals surface area contributed by atoms with Crippen molar-refractivity contribution in [3.63, 3.8) is 0 Å². The highest BCUT2D eigenvalue weighted by molar-refractivity contribution is 7.89. The predicted molar refractivity (Wildman–Crippen MR) is 97.9 cm³/mol. The predicted octanol–water partition coefficient (Wildman–Crippen LogP) is 4.29.